The van der Waals surface area contributed by atoms with Gasteiger partial charge in [0.25, 0.3) is 0 Å². The van der Waals surface area contributed by atoms with Crippen LogP contribution in [0, 0.1) is 0 Å². The number of nitrogens with two attached hydrogens (primary N) is 1. The van der Waals surface area contributed by atoms with Crippen LogP contribution >= 0.6 is 12.2 Å². The van der Waals surface area contributed by atoms with Crippen LogP contribution in [0.5, 0.6) is 0 Å². The van der Waals surface area contributed by atoms with Gasteiger partial charge in [0.1, 0.15) is 4.99 Å². The summed E-state index contributed by atoms with van der Waals surface area (Å²) in [6.07, 6.45) is 0.835. The molecule has 1 heterocycles. The number of rotatable bonds is 4. The predicted molar refractivity (Wildman–Crippen MR) is 83.2 cm³/mol. The maximum absolute atomic E-state index is 12.7. The van der Waals surface area contributed by atoms with Crippen molar-refractivity contribution in [2.75, 3.05) is 27.2 Å². The molecule has 1 aromatic rings. The zero-order chi connectivity index (χ0) is 14.9. The van der Waals surface area contributed by atoms with Crippen molar-refractivity contribution in [3.05, 3.63) is 29.8 Å². The van der Waals surface area contributed by atoms with Crippen LogP contribution in [0.15, 0.2) is 29.2 Å². The highest BCUT2D eigenvalue weighted by molar-refractivity contribution is 7.89. The highest BCUT2D eigenvalue weighted by Gasteiger charge is 2.34. The van der Waals surface area contributed by atoms with Crippen LogP contribution in [-0.4, -0.2) is 55.8 Å². The van der Waals surface area contributed by atoms with Gasteiger partial charge >= 0.3 is 0 Å². The second-order valence-corrected chi connectivity index (χ2v) is 7.48. The molecule has 1 aliphatic heterocycles. The molecule has 1 aromatic carbocycles. The SMILES string of the molecule is CN(C)C1CCN(S(=O)(=O)c2ccccc2C(N)=S)C1. The lowest BCUT2D eigenvalue weighted by atomic mass is 10.2. The van der Waals surface area contributed by atoms with E-state index in [-0.39, 0.29) is 15.9 Å². The summed E-state index contributed by atoms with van der Waals surface area (Å²) in [5.74, 6) is 0. The summed E-state index contributed by atoms with van der Waals surface area (Å²) in [6.45, 7) is 1.03. The number of hydrogen-bond donors (Lipinski definition) is 1. The molecule has 0 amide bonds. The Labute approximate surface area is 125 Å². The zero-order valence-electron chi connectivity index (χ0n) is 11.6. The van der Waals surface area contributed by atoms with E-state index < -0.39 is 10.0 Å². The van der Waals surface area contributed by atoms with Gasteiger partial charge in [-0.25, -0.2) is 8.42 Å². The van der Waals surface area contributed by atoms with Gasteiger partial charge in [0.2, 0.25) is 10.0 Å². The average molecular weight is 313 g/mol. The van der Waals surface area contributed by atoms with E-state index in [0.29, 0.717) is 18.7 Å². The molecule has 7 heteroatoms. The third-order valence-electron chi connectivity index (χ3n) is 3.63. The van der Waals surface area contributed by atoms with E-state index in [9.17, 15) is 8.42 Å². The summed E-state index contributed by atoms with van der Waals surface area (Å²) in [5.41, 5.74) is 6.04. The number of sulfonamides is 1. The highest BCUT2D eigenvalue weighted by Crippen LogP contribution is 2.25. The Balaban J connectivity index is 2.35. The van der Waals surface area contributed by atoms with Crippen molar-refractivity contribution < 1.29 is 8.42 Å². The Morgan fingerprint density at radius 3 is 2.60 bits per heavy atom. The van der Waals surface area contributed by atoms with E-state index in [4.69, 9.17) is 18.0 Å². The molecular weight excluding hydrogens is 294 g/mol. The van der Waals surface area contributed by atoms with E-state index in [2.05, 4.69) is 4.90 Å². The number of benzene rings is 1. The number of nitrogens with zero attached hydrogens (tertiary/aromatic N) is 2. The first-order chi connectivity index (χ1) is 9.34. The van der Waals surface area contributed by atoms with Gasteiger partial charge < -0.3 is 10.6 Å². The van der Waals surface area contributed by atoms with Crippen LogP contribution in [0.3, 0.4) is 0 Å². The molecule has 0 spiro atoms. The van der Waals surface area contributed by atoms with Gasteiger partial charge in [0.05, 0.1) is 4.90 Å². The van der Waals surface area contributed by atoms with Crippen molar-refractivity contribution in [1.82, 2.24) is 9.21 Å². The minimum atomic E-state index is -3.54. The van der Waals surface area contributed by atoms with E-state index in [1.165, 1.54) is 4.31 Å². The smallest absolute Gasteiger partial charge is 0.243 e. The van der Waals surface area contributed by atoms with E-state index in [1.54, 1.807) is 24.3 Å². The monoisotopic (exact) mass is 313 g/mol. The van der Waals surface area contributed by atoms with E-state index in [0.717, 1.165) is 6.42 Å². The minimum absolute atomic E-state index is 0.104. The fourth-order valence-electron chi connectivity index (χ4n) is 2.38. The van der Waals surface area contributed by atoms with Gasteiger partial charge in [0.15, 0.2) is 0 Å². The number of hydrogen-bond acceptors (Lipinski definition) is 4. The molecule has 20 heavy (non-hydrogen) atoms. The second kappa shape index (κ2) is 5.77. The van der Waals surface area contributed by atoms with Crippen molar-refractivity contribution in [2.45, 2.75) is 17.4 Å². The normalized spacial score (nSPS) is 20.4. The average Bonchev–Trinajstić information content (AvgIpc) is 2.89. The summed E-state index contributed by atoms with van der Waals surface area (Å²) >= 11 is 4.94. The first-order valence-corrected chi connectivity index (χ1v) is 8.24. The summed E-state index contributed by atoms with van der Waals surface area (Å²) in [7, 11) is 0.382. The molecule has 0 aliphatic carbocycles. The van der Waals surface area contributed by atoms with Crippen molar-refractivity contribution in [2.24, 2.45) is 5.73 Å². The summed E-state index contributed by atoms with van der Waals surface area (Å²) in [4.78, 5) is 2.36. The van der Waals surface area contributed by atoms with E-state index >= 15 is 0 Å². The van der Waals surface area contributed by atoms with Crippen LogP contribution in [-0.2, 0) is 10.0 Å². The third-order valence-corrected chi connectivity index (χ3v) is 5.77. The molecule has 5 nitrogen and oxygen atoms in total. The maximum atomic E-state index is 12.7. The molecule has 1 atom stereocenters. The van der Waals surface area contributed by atoms with Crippen molar-refractivity contribution >= 4 is 27.2 Å². The Morgan fingerprint density at radius 2 is 2.05 bits per heavy atom. The van der Waals surface area contributed by atoms with Crippen LogP contribution in [0.1, 0.15) is 12.0 Å². The maximum Gasteiger partial charge on any atom is 0.243 e. The van der Waals surface area contributed by atoms with Gasteiger partial charge in [0, 0.05) is 24.7 Å². The fraction of sp³-hybridized carbons (Fsp3) is 0.462. The van der Waals surface area contributed by atoms with Gasteiger partial charge in [-0.05, 0) is 26.6 Å². The molecular formula is C13H19N3O2S2. The molecule has 1 fully saturated rings. The molecule has 0 aromatic heterocycles. The largest absolute Gasteiger partial charge is 0.389 e. The highest BCUT2D eigenvalue weighted by atomic mass is 32.2. The Hall–Kier alpha value is -1.02. The molecule has 110 valence electrons. The Morgan fingerprint density at radius 1 is 1.40 bits per heavy atom. The Bertz CT molecular complexity index is 614. The van der Waals surface area contributed by atoms with Crippen molar-refractivity contribution in [1.29, 1.82) is 0 Å². The first-order valence-electron chi connectivity index (χ1n) is 6.39. The number of thiocarbonyl (C=S) groups is 1. The third kappa shape index (κ3) is 2.85. The second-order valence-electron chi connectivity index (χ2n) is 5.13. The topological polar surface area (TPSA) is 66.6 Å². The summed E-state index contributed by atoms with van der Waals surface area (Å²) < 4.78 is 26.9. The summed E-state index contributed by atoms with van der Waals surface area (Å²) in [5, 5.41) is 0. The summed E-state index contributed by atoms with van der Waals surface area (Å²) in [6, 6.07) is 6.89. The fourth-order valence-corrected chi connectivity index (χ4v) is 4.33. The standard InChI is InChI=1S/C13H19N3O2S2/c1-15(2)10-7-8-16(9-10)20(17,18)12-6-4-3-5-11(12)13(14)19/h3-6,10H,7-9H2,1-2H3,(H2,14,19). The molecule has 0 radical (unpaired) electrons. The first kappa shape index (κ1) is 15.4. The molecule has 1 unspecified atom stereocenters. The predicted octanol–water partition coefficient (Wildman–Crippen LogP) is 0.645. The molecule has 2 rings (SSSR count). The minimum Gasteiger partial charge on any atom is -0.389 e. The lowest BCUT2D eigenvalue weighted by molar-refractivity contribution is 0.302. The van der Waals surface area contributed by atoms with Crippen molar-refractivity contribution in [3.8, 4) is 0 Å². The number of likely N-dealkylation sites (N-methyl/N-ethyl adjacent to an activating group) is 1. The van der Waals surface area contributed by atoms with Crippen LogP contribution in [0.25, 0.3) is 0 Å². The van der Waals surface area contributed by atoms with Gasteiger partial charge in [-0.2, -0.15) is 4.31 Å². The molecule has 2 N–H and O–H groups in total. The van der Waals surface area contributed by atoms with Gasteiger partial charge in [-0.3, -0.25) is 0 Å². The molecule has 0 saturated carbocycles. The molecule has 1 saturated heterocycles. The molecule has 1 aliphatic rings. The van der Waals surface area contributed by atoms with Crippen LogP contribution in [0.4, 0.5) is 0 Å². The van der Waals surface area contributed by atoms with Crippen molar-refractivity contribution in [3.63, 3.8) is 0 Å². The molecule has 0 bridgehead atoms. The van der Waals surface area contributed by atoms with Crippen LogP contribution < -0.4 is 5.73 Å². The zero-order valence-corrected chi connectivity index (χ0v) is 13.2. The van der Waals surface area contributed by atoms with Crippen LogP contribution in [0.2, 0.25) is 0 Å². The van der Waals surface area contributed by atoms with Gasteiger partial charge in [-0.15, -0.1) is 0 Å². The van der Waals surface area contributed by atoms with E-state index in [1.807, 2.05) is 14.1 Å². The lowest BCUT2D eigenvalue weighted by Gasteiger charge is -2.21. The lowest BCUT2D eigenvalue weighted by Crippen LogP contribution is -2.35. The quantitative estimate of drug-likeness (QED) is 0.827. The van der Waals surface area contributed by atoms with Gasteiger partial charge in [-0.1, -0.05) is 30.4 Å². The Kier molecular flexibility index (Phi) is 4.43.